The lowest BCUT2D eigenvalue weighted by atomic mass is 9.98. The largest absolute Gasteiger partial charge is 0.310 e. The van der Waals surface area contributed by atoms with E-state index in [2.05, 4.69) is 201 Å². The van der Waals surface area contributed by atoms with Gasteiger partial charge in [-0.2, -0.15) is 0 Å². The van der Waals surface area contributed by atoms with Crippen LogP contribution in [-0.2, 0) is 0 Å². The van der Waals surface area contributed by atoms with E-state index in [9.17, 15) is 0 Å². The molecule has 8 rings (SSSR count). The zero-order chi connectivity index (χ0) is 40.9. The fraction of sp³-hybridized carbons (Fsp3) is 0.0893. The van der Waals surface area contributed by atoms with Crippen molar-refractivity contribution in [3.8, 4) is 33.4 Å². The van der Waals surface area contributed by atoms with Crippen LogP contribution in [0.5, 0.6) is 0 Å². The molecule has 0 amide bonds. The monoisotopic (exact) mass is 752 g/mol. The summed E-state index contributed by atoms with van der Waals surface area (Å²) < 4.78 is 0. The van der Waals surface area contributed by atoms with Gasteiger partial charge in [-0.25, -0.2) is 0 Å². The van der Waals surface area contributed by atoms with Gasteiger partial charge in [0, 0.05) is 29.5 Å². The average Bonchev–Trinajstić information content (AvgIpc) is 3.29. The molecule has 1 aromatic heterocycles. The molecule has 0 spiro atoms. The Morgan fingerprint density at radius 1 is 0.483 bits per heavy atom. The highest BCUT2D eigenvalue weighted by atomic mass is 15.1. The Bertz CT molecular complexity index is 2600. The standard InChI is InChI=1S/C48H39N.C6H7N.C2H6/c1-5-8-41-31-42(14-9-34(41)4)40-23-28-47(29-24-40)49(46-26-21-38(22-27-46)37-15-10-35(6-2)11-16-37)48-30-25-44-32-43(19-20-45(44)33-48)39-17-12-36(7-3)13-18-39;1-6-3-2-4-7-5-6;1-2/h5-33H,2-3H2,1,4H3;2-5H,1H3;1-2H3/b8-5-;;. The van der Waals surface area contributed by atoms with Crippen LogP contribution >= 0.6 is 0 Å². The van der Waals surface area contributed by atoms with Crippen LogP contribution in [0.1, 0.15) is 48.6 Å². The number of hydrogen-bond donors (Lipinski definition) is 0. The Balaban J connectivity index is 0.000000564. The van der Waals surface area contributed by atoms with E-state index >= 15 is 0 Å². The number of rotatable bonds is 9. The first-order chi connectivity index (χ1) is 28.4. The molecule has 0 radical (unpaired) electrons. The molecule has 0 atom stereocenters. The normalized spacial score (nSPS) is 10.6. The lowest BCUT2D eigenvalue weighted by Gasteiger charge is -2.26. The zero-order valence-corrected chi connectivity index (χ0v) is 34.4. The predicted octanol–water partition coefficient (Wildman–Crippen LogP) is 16.4. The summed E-state index contributed by atoms with van der Waals surface area (Å²) in [6.45, 7) is 18.0. The minimum absolute atomic E-state index is 1.10. The fourth-order valence-corrected chi connectivity index (χ4v) is 6.86. The van der Waals surface area contributed by atoms with E-state index in [-0.39, 0.29) is 0 Å². The van der Waals surface area contributed by atoms with E-state index in [4.69, 9.17) is 0 Å². The highest BCUT2D eigenvalue weighted by molar-refractivity contribution is 5.92. The van der Waals surface area contributed by atoms with Crippen LogP contribution in [-0.4, -0.2) is 4.98 Å². The SMILES string of the molecule is C=Cc1ccc(-c2ccc(N(c3ccc(-c4ccc(C)c(/C=C\C)c4)cc3)c3ccc4cc(-c5ccc(C=C)cc5)ccc4c3)cc2)cc1.CC.Cc1cccnc1. The minimum atomic E-state index is 1.10. The van der Waals surface area contributed by atoms with Crippen molar-refractivity contribution in [2.75, 3.05) is 4.90 Å². The van der Waals surface area contributed by atoms with Crippen LogP contribution < -0.4 is 4.90 Å². The summed E-state index contributed by atoms with van der Waals surface area (Å²) in [6, 6.07) is 58.9. The predicted molar refractivity (Wildman–Crippen MR) is 255 cm³/mol. The van der Waals surface area contributed by atoms with Crippen molar-refractivity contribution in [1.29, 1.82) is 0 Å². The maximum atomic E-state index is 3.89. The third-order valence-corrected chi connectivity index (χ3v) is 10.1. The first-order valence-electron chi connectivity index (χ1n) is 20.0. The molecule has 0 aliphatic carbocycles. The topological polar surface area (TPSA) is 16.1 Å². The van der Waals surface area contributed by atoms with Gasteiger partial charge >= 0.3 is 0 Å². The van der Waals surface area contributed by atoms with E-state index in [0.29, 0.717) is 0 Å². The van der Waals surface area contributed by atoms with Crippen LogP contribution in [0.25, 0.3) is 62.4 Å². The van der Waals surface area contributed by atoms with Crippen LogP contribution in [0.4, 0.5) is 17.1 Å². The van der Waals surface area contributed by atoms with Crippen molar-refractivity contribution >= 4 is 46.1 Å². The molecule has 0 aliphatic heterocycles. The number of pyridine rings is 1. The van der Waals surface area contributed by atoms with Gasteiger partial charge in [-0.15, -0.1) is 0 Å². The zero-order valence-electron chi connectivity index (χ0n) is 34.4. The molecule has 1 heterocycles. The van der Waals surface area contributed by atoms with Gasteiger partial charge in [0.15, 0.2) is 0 Å². The van der Waals surface area contributed by atoms with Crippen molar-refractivity contribution in [2.45, 2.75) is 34.6 Å². The molecule has 0 bridgehead atoms. The van der Waals surface area contributed by atoms with E-state index in [1.54, 1.807) is 6.20 Å². The van der Waals surface area contributed by atoms with Gasteiger partial charge in [0.25, 0.3) is 0 Å². The number of benzene rings is 7. The number of aryl methyl sites for hydroxylation is 2. The molecular formula is C56H52N2. The highest BCUT2D eigenvalue weighted by Crippen LogP contribution is 2.39. The molecule has 0 aliphatic rings. The Morgan fingerprint density at radius 2 is 0.931 bits per heavy atom. The summed E-state index contributed by atoms with van der Waals surface area (Å²) in [5.74, 6) is 0. The Hall–Kier alpha value is -7.03. The summed E-state index contributed by atoms with van der Waals surface area (Å²) in [7, 11) is 0. The van der Waals surface area contributed by atoms with Crippen LogP contribution in [0.15, 0.2) is 195 Å². The third-order valence-electron chi connectivity index (χ3n) is 10.1. The molecule has 286 valence electrons. The number of hydrogen-bond acceptors (Lipinski definition) is 2. The molecule has 2 heteroatoms. The fourth-order valence-electron chi connectivity index (χ4n) is 6.86. The molecular weight excluding hydrogens is 701 g/mol. The average molecular weight is 753 g/mol. The van der Waals surface area contributed by atoms with Crippen molar-refractivity contribution in [3.63, 3.8) is 0 Å². The van der Waals surface area contributed by atoms with Gasteiger partial charge in [-0.05, 0) is 147 Å². The molecule has 2 nitrogen and oxygen atoms in total. The summed E-state index contributed by atoms with van der Waals surface area (Å²) in [5.41, 5.74) is 16.5. The summed E-state index contributed by atoms with van der Waals surface area (Å²) in [6.07, 6.45) is 11.6. The highest BCUT2D eigenvalue weighted by Gasteiger charge is 2.15. The van der Waals surface area contributed by atoms with Gasteiger partial charge in [0.1, 0.15) is 0 Å². The second-order valence-corrected chi connectivity index (χ2v) is 13.9. The Labute approximate surface area is 345 Å². The number of allylic oxidation sites excluding steroid dienone is 1. The second-order valence-electron chi connectivity index (χ2n) is 13.9. The number of anilines is 3. The molecule has 0 saturated heterocycles. The first-order valence-corrected chi connectivity index (χ1v) is 20.0. The molecule has 0 N–H and O–H groups in total. The maximum Gasteiger partial charge on any atom is 0.0468 e. The summed E-state index contributed by atoms with van der Waals surface area (Å²) >= 11 is 0. The number of aromatic nitrogens is 1. The number of nitrogens with zero attached hydrogens (tertiary/aromatic N) is 2. The van der Waals surface area contributed by atoms with E-state index < -0.39 is 0 Å². The third kappa shape index (κ3) is 9.85. The minimum Gasteiger partial charge on any atom is -0.310 e. The molecule has 7 aromatic carbocycles. The molecule has 0 unspecified atom stereocenters. The lowest BCUT2D eigenvalue weighted by Crippen LogP contribution is -2.09. The van der Waals surface area contributed by atoms with Gasteiger partial charge in [-0.1, -0.05) is 161 Å². The van der Waals surface area contributed by atoms with Gasteiger partial charge in [-0.3, -0.25) is 4.98 Å². The van der Waals surface area contributed by atoms with Crippen molar-refractivity contribution in [2.24, 2.45) is 0 Å². The van der Waals surface area contributed by atoms with Crippen molar-refractivity contribution < 1.29 is 0 Å². The smallest absolute Gasteiger partial charge is 0.0468 e. The second kappa shape index (κ2) is 19.7. The maximum absolute atomic E-state index is 3.89. The van der Waals surface area contributed by atoms with Gasteiger partial charge in [0.05, 0.1) is 0 Å². The van der Waals surface area contributed by atoms with Crippen LogP contribution in [0, 0.1) is 13.8 Å². The van der Waals surface area contributed by atoms with E-state index in [0.717, 1.165) is 28.2 Å². The van der Waals surface area contributed by atoms with Crippen molar-refractivity contribution in [1.82, 2.24) is 4.98 Å². The molecule has 8 aromatic rings. The van der Waals surface area contributed by atoms with Gasteiger partial charge in [0.2, 0.25) is 0 Å². The summed E-state index contributed by atoms with van der Waals surface area (Å²) in [5, 5.41) is 2.40. The molecule has 0 saturated carbocycles. The number of fused-ring (bicyclic) bond motifs is 1. The first kappa shape index (κ1) is 40.6. The van der Waals surface area contributed by atoms with Crippen molar-refractivity contribution in [3.05, 3.63) is 223 Å². The lowest BCUT2D eigenvalue weighted by molar-refractivity contribution is 1.27. The Morgan fingerprint density at radius 3 is 1.41 bits per heavy atom. The van der Waals surface area contributed by atoms with E-state index in [1.165, 1.54) is 60.8 Å². The Kier molecular flexibility index (Phi) is 13.8. The molecule has 0 fully saturated rings. The van der Waals surface area contributed by atoms with E-state index in [1.807, 2.05) is 51.3 Å². The summed E-state index contributed by atoms with van der Waals surface area (Å²) in [4.78, 5) is 6.23. The quantitative estimate of drug-likeness (QED) is 0.146. The van der Waals surface area contributed by atoms with Gasteiger partial charge < -0.3 is 4.90 Å². The van der Waals surface area contributed by atoms with Crippen LogP contribution in [0.3, 0.4) is 0 Å². The molecule has 58 heavy (non-hydrogen) atoms. The van der Waals surface area contributed by atoms with Crippen LogP contribution in [0.2, 0.25) is 0 Å².